The minimum atomic E-state index is -3.64. The lowest BCUT2D eigenvalue weighted by Gasteiger charge is -2.12. The van der Waals surface area contributed by atoms with Crippen molar-refractivity contribution in [2.75, 3.05) is 7.05 Å². The molecule has 1 heterocycles. The third-order valence-corrected chi connectivity index (χ3v) is 6.67. The van der Waals surface area contributed by atoms with E-state index in [-0.39, 0.29) is 28.3 Å². The monoisotopic (exact) mass is 491 g/mol. The first kappa shape index (κ1) is 23.8. The number of benzene rings is 3. The highest BCUT2D eigenvalue weighted by Crippen LogP contribution is 2.14. The Hall–Kier alpha value is -4.35. The fourth-order valence-electron chi connectivity index (χ4n) is 3.41. The van der Waals surface area contributed by atoms with Crippen molar-refractivity contribution in [2.45, 2.75) is 11.4 Å². The van der Waals surface area contributed by atoms with Crippen LogP contribution < -0.4 is 21.1 Å². The molecular formula is C24H21N5O5S. The van der Waals surface area contributed by atoms with Gasteiger partial charge in [-0.25, -0.2) is 17.8 Å². The average Bonchev–Trinajstić information content (AvgIpc) is 2.89. The summed E-state index contributed by atoms with van der Waals surface area (Å²) in [5.74, 6) is -1.38. The first-order valence-corrected chi connectivity index (χ1v) is 12.0. The quantitative estimate of drug-likeness (QED) is 0.349. The summed E-state index contributed by atoms with van der Waals surface area (Å²) in [7, 11) is -2.36. The molecule has 0 atom stereocenters. The molecule has 0 aliphatic heterocycles. The average molecular weight is 492 g/mol. The molecule has 1 aromatic heterocycles. The Morgan fingerprint density at radius 2 is 1.43 bits per heavy atom. The Morgan fingerprint density at radius 1 is 0.829 bits per heavy atom. The zero-order valence-electron chi connectivity index (χ0n) is 18.6. The first-order valence-electron chi connectivity index (χ1n) is 10.5. The Kier molecular flexibility index (Phi) is 6.71. The molecule has 10 nitrogen and oxygen atoms in total. The SMILES string of the molecule is CNS(=O)(=O)c1ccc(C(=O)NNC(=O)c2nn(Cc3ccccc3)c(=O)c3ccccc23)cc1. The summed E-state index contributed by atoms with van der Waals surface area (Å²) < 4.78 is 27.0. The fourth-order valence-corrected chi connectivity index (χ4v) is 4.14. The molecule has 35 heavy (non-hydrogen) atoms. The molecule has 0 saturated carbocycles. The molecule has 4 aromatic rings. The zero-order valence-corrected chi connectivity index (χ0v) is 19.4. The van der Waals surface area contributed by atoms with Gasteiger partial charge in [-0.1, -0.05) is 48.5 Å². The smallest absolute Gasteiger partial charge is 0.267 e. The number of hydrogen-bond donors (Lipinski definition) is 3. The van der Waals surface area contributed by atoms with Gasteiger partial charge in [-0.2, -0.15) is 5.10 Å². The van der Waals surface area contributed by atoms with Gasteiger partial charge in [-0.15, -0.1) is 0 Å². The fraction of sp³-hybridized carbons (Fsp3) is 0.0833. The van der Waals surface area contributed by atoms with Crippen LogP contribution in [0.5, 0.6) is 0 Å². The largest absolute Gasteiger partial charge is 0.290 e. The highest BCUT2D eigenvalue weighted by molar-refractivity contribution is 7.89. The second kappa shape index (κ2) is 9.87. The van der Waals surface area contributed by atoms with Gasteiger partial charge in [0, 0.05) is 10.9 Å². The summed E-state index contributed by atoms with van der Waals surface area (Å²) in [6, 6.07) is 21.0. The van der Waals surface area contributed by atoms with E-state index in [9.17, 15) is 22.8 Å². The van der Waals surface area contributed by atoms with Gasteiger partial charge in [0.05, 0.1) is 16.8 Å². The van der Waals surface area contributed by atoms with Crippen LogP contribution in [0.3, 0.4) is 0 Å². The Bertz CT molecular complexity index is 1570. The molecule has 0 bridgehead atoms. The lowest BCUT2D eigenvalue weighted by atomic mass is 10.1. The highest BCUT2D eigenvalue weighted by Gasteiger charge is 2.18. The van der Waals surface area contributed by atoms with Crippen molar-refractivity contribution in [2.24, 2.45) is 0 Å². The molecule has 2 amide bonds. The van der Waals surface area contributed by atoms with Gasteiger partial charge in [0.25, 0.3) is 17.4 Å². The van der Waals surface area contributed by atoms with E-state index in [0.29, 0.717) is 10.8 Å². The van der Waals surface area contributed by atoms with Crippen LogP contribution in [0, 0.1) is 0 Å². The summed E-state index contributed by atoms with van der Waals surface area (Å²) >= 11 is 0. The van der Waals surface area contributed by atoms with Crippen molar-refractivity contribution in [3.05, 3.63) is 106 Å². The number of aromatic nitrogens is 2. The van der Waals surface area contributed by atoms with Crippen molar-refractivity contribution in [3.63, 3.8) is 0 Å². The number of carbonyl (C=O) groups is 2. The number of fused-ring (bicyclic) bond motifs is 1. The van der Waals surface area contributed by atoms with Crippen LogP contribution >= 0.6 is 0 Å². The van der Waals surface area contributed by atoms with Gasteiger partial charge in [0.15, 0.2) is 5.69 Å². The molecule has 0 spiro atoms. The molecule has 178 valence electrons. The highest BCUT2D eigenvalue weighted by atomic mass is 32.2. The van der Waals surface area contributed by atoms with E-state index in [2.05, 4.69) is 20.7 Å². The second-order valence-electron chi connectivity index (χ2n) is 7.48. The second-order valence-corrected chi connectivity index (χ2v) is 9.37. The van der Waals surface area contributed by atoms with E-state index >= 15 is 0 Å². The minimum Gasteiger partial charge on any atom is -0.267 e. The normalized spacial score (nSPS) is 11.2. The maximum Gasteiger partial charge on any atom is 0.290 e. The molecule has 3 N–H and O–H groups in total. The lowest BCUT2D eigenvalue weighted by Crippen LogP contribution is -2.42. The summed E-state index contributed by atoms with van der Waals surface area (Å²) in [6.45, 7) is 0.166. The Morgan fingerprint density at radius 3 is 2.09 bits per heavy atom. The Labute approximate surface area is 200 Å². The molecular weight excluding hydrogens is 470 g/mol. The van der Waals surface area contributed by atoms with Crippen molar-refractivity contribution in [1.29, 1.82) is 0 Å². The molecule has 0 aliphatic carbocycles. The van der Waals surface area contributed by atoms with Crippen LogP contribution in [-0.2, 0) is 16.6 Å². The molecule has 3 aromatic carbocycles. The minimum absolute atomic E-state index is 0.00284. The van der Waals surface area contributed by atoms with Crippen molar-refractivity contribution >= 4 is 32.6 Å². The standard InChI is InChI=1S/C24H21N5O5S/c1-25-35(33,34)18-13-11-17(12-14-18)22(30)26-27-23(31)21-19-9-5-6-10-20(19)24(32)29(28-21)15-16-7-3-2-4-8-16/h2-14,25H,15H2,1H3,(H,26,30)(H,27,31). The zero-order chi connectivity index (χ0) is 25.0. The maximum absolute atomic E-state index is 12.9. The molecule has 0 saturated heterocycles. The summed E-state index contributed by atoms with van der Waals surface area (Å²) in [5, 5.41) is 4.92. The third kappa shape index (κ3) is 5.10. The van der Waals surface area contributed by atoms with Crippen LogP contribution in [0.4, 0.5) is 0 Å². The van der Waals surface area contributed by atoms with Crippen LogP contribution in [0.25, 0.3) is 10.8 Å². The van der Waals surface area contributed by atoms with Crippen molar-refractivity contribution < 1.29 is 18.0 Å². The number of carbonyl (C=O) groups excluding carboxylic acids is 2. The summed E-state index contributed by atoms with van der Waals surface area (Å²) in [4.78, 5) is 38.3. The van der Waals surface area contributed by atoms with Gasteiger partial charge >= 0.3 is 0 Å². The number of amides is 2. The van der Waals surface area contributed by atoms with E-state index in [1.165, 1.54) is 36.0 Å². The molecule has 4 rings (SSSR count). The van der Waals surface area contributed by atoms with E-state index in [4.69, 9.17) is 0 Å². The number of hydrazine groups is 1. The number of hydrogen-bond acceptors (Lipinski definition) is 6. The predicted molar refractivity (Wildman–Crippen MR) is 129 cm³/mol. The van der Waals surface area contributed by atoms with Crippen LogP contribution in [0.15, 0.2) is 88.6 Å². The molecule has 0 radical (unpaired) electrons. The topological polar surface area (TPSA) is 139 Å². The van der Waals surface area contributed by atoms with Crippen molar-refractivity contribution in [1.82, 2.24) is 25.4 Å². The van der Waals surface area contributed by atoms with E-state index in [1.54, 1.807) is 24.3 Å². The van der Waals surface area contributed by atoms with Gasteiger partial charge < -0.3 is 0 Å². The first-order chi connectivity index (χ1) is 16.8. The van der Waals surface area contributed by atoms with Crippen LogP contribution in [0.1, 0.15) is 26.4 Å². The number of nitrogens with zero attached hydrogens (tertiary/aromatic N) is 2. The van der Waals surface area contributed by atoms with Gasteiger partial charge in [0.2, 0.25) is 10.0 Å². The lowest BCUT2D eigenvalue weighted by molar-refractivity contribution is 0.0843. The molecule has 0 unspecified atom stereocenters. The molecule has 11 heteroatoms. The van der Waals surface area contributed by atoms with E-state index in [1.807, 2.05) is 30.3 Å². The number of rotatable bonds is 6. The van der Waals surface area contributed by atoms with E-state index < -0.39 is 21.8 Å². The molecule has 0 aliphatic rings. The summed E-state index contributed by atoms with van der Waals surface area (Å²) in [5.41, 5.74) is 5.18. The van der Waals surface area contributed by atoms with Gasteiger partial charge in [0.1, 0.15) is 0 Å². The Balaban J connectivity index is 1.57. The predicted octanol–water partition coefficient (Wildman–Crippen LogP) is 1.43. The van der Waals surface area contributed by atoms with E-state index in [0.717, 1.165) is 5.56 Å². The van der Waals surface area contributed by atoms with Crippen molar-refractivity contribution in [3.8, 4) is 0 Å². The van der Waals surface area contributed by atoms with Gasteiger partial charge in [-0.3, -0.25) is 25.2 Å². The van der Waals surface area contributed by atoms with Crippen LogP contribution in [0.2, 0.25) is 0 Å². The molecule has 0 fully saturated rings. The number of nitrogens with one attached hydrogen (secondary N) is 3. The number of sulfonamides is 1. The maximum atomic E-state index is 12.9. The van der Waals surface area contributed by atoms with Crippen LogP contribution in [-0.4, -0.2) is 37.1 Å². The van der Waals surface area contributed by atoms with Gasteiger partial charge in [-0.05, 0) is 42.9 Å². The summed E-state index contributed by atoms with van der Waals surface area (Å²) in [6.07, 6.45) is 0. The third-order valence-electron chi connectivity index (χ3n) is 5.24.